The fourth-order valence-corrected chi connectivity index (χ4v) is 3.77. The van der Waals surface area contributed by atoms with Crippen LogP contribution in [0.4, 0.5) is 11.6 Å². The predicted molar refractivity (Wildman–Crippen MR) is 125 cm³/mol. The molecule has 0 atom stereocenters. The summed E-state index contributed by atoms with van der Waals surface area (Å²) in [6, 6.07) is 8.35. The molecule has 0 saturated carbocycles. The van der Waals surface area contributed by atoms with Gasteiger partial charge in [-0.2, -0.15) is 0 Å². The third-order valence-corrected chi connectivity index (χ3v) is 5.28. The largest absolute Gasteiger partial charge is 0.370 e. The summed E-state index contributed by atoms with van der Waals surface area (Å²) in [5, 5.41) is 3.22. The van der Waals surface area contributed by atoms with Crippen molar-refractivity contribution in [1.29, 1.82) is 0 Å². The van der Waals surface area contributed by atoms with Crippen LogP contribution in [0.2, 0.25) is 0 Å². The Labute approximate surface area is 183 Å². The summed E-state index contributed by atoms with van der Waals surface area (Å²) < 4.78 is 0. The van der Waals surface area contributed by atoms with Gasteiger partial charge < -0.3 is 16.0 Å². The van der Waals surface area contributed by atoms with Crippen LogP contribution in [0.15, 0.2) is 41.7 Å². The van der Waals surface area contributed by atoms with E-state index in [-0.39, 0.29) is 24.0 Å². The minimum absolute atomic E-state index is 0. The first-order valence-electron chi connectivity index (χ1n) is 9.71. The number of aromatic nitrogens is 2. The van der Waals surface area contributed by atoms with Gasteiger partial charge in [-0.05, 0) is 48.6 Å². The molecule has 1 aromatic heterocycles. The van der Waals surface area contributed by atoms with Gasteiger partial charge in [0, 0.05) is 50.8 Å². The summed E-state index contributed by atoms with van der Waals surface area (Å²) in [6.45, 7) is 5.48. The fraction of sp³-hybridized carbons (Fsp3) is 0.450. The van der Waals surface area contributed by atoms with Gasteiger partial charge in [0.15, 0.2) is 5.96 Å². The van der Waals surface area contributed by atoms with Crippen LogP contribution in [-0.4, -0.2) is 60.1 Å². The Morgan fingerprint density at radius 1 is 1.07 bits per heavy atom. The Morgan fingerprint density at radius 3 is 2.61 bits per heavy atom. The Hall–Kier alpha value is -1.94. The molecule has 0 radical (unpaired) electrons. The lowest BCUT2D eigenvalue weighted by Gasteiger charge is -2.34. The zero-order chi connectivity index (χ0) is 18.5. The molecule has 0 bridgehead atoms. The molecule has 0 spiro atoms. The molecule has 4 rings (SSSR count). The molecule has 2 aromatic rings. The number of nitrogens with zero attached hydrogens (tertiary/aromatic N) is 5. The lowest BCUT2D eigenvalue weighted by Crippen LogP contribution is -2.47. The molecule has 1 aliphatic heterocycles. The van der Waals surface area contributed by atoms with Crippen LogP contribution in [0.25, 0.3) is 0 Å². The van der Waals surface area contributed by atoms with Crippen LogP contribution in [0.3, 0.4) is 0 Å². The SMILES string of the molecule is I.NC(=NCCN1CCN(c2ncccn2)CC1)Nc1ccc2c(c1)CCC2. The fourth-order valence-electron chi connectivity index (χ4n) is 3.77. The number of hydrogen-bond acceptors (Lipinski definition) is 5. The molecule has 2 aliphatic rings. The molecular formula is C20H28IN7. The zero-order valence-electron chi connectivity index (χ0n) is 16.0. The van der Waals surface area contributed by atoms with Crippen molar-refractivity contribution in [3.63, 3.8) is 0 Å². The Balaban J connectivity index is 0.00000225. The van der Waals surface area contributed by atoms with E-state index in [2.05, 4.69) is 48.3 Å². The molecule has 1 aromatic carbocycles. The highest BCUT2D eigenvalue weighted by Gasteiger charge is 2.18. The smallest absolute Gasteiger partial charge is 0.225 e. The Morgan fingerprint density at radius 2 is 1.82 bits per heavy atom. The van der Waals surface area contributed by atoms with Crippen molar-refractivity contribution in [1.82, 2.24) is 14.9 Å². The van der Waals surface area contributed by atoms with E-state index in [1.807, 2.05) is 6.07 Å². The Kier molecular flexibility index (Phi) is 7.43. The first kappa shape index (κ1) is 20.8. The maximum atomic E-state index is 6.06. The molecule has 0 unspecified atom stereocenters. The van der Waals surface area contributed by atoms with Crippen LogP contribution in [0.1, 0.15) is 17.5 Å². The van der Waals surface area contributed by atoms with E-state index in [4.69, 9.17) is 5.73 Å². The van der Waals surface area contributed by atoms with Crippen LogP contribution >= 0.6 is 24.0 Å². The van der Waals surface area contributed by atoms with Crippen molar-refractivity contribution in [3.8, 4) is 0 Å². The third kappa shape index (κ3) is 5.32. The van der Waals surface area contributed by atoms with Crippen LogP contribution in [0, 0.1) is 0 Å². The van der Waals surface area contributed by atoms with Gasteiger partial charge in [0.1, 0.15) is 0 Å². The highest BCUT2D eigenvalue weighted by atomic mass is 127. The highest BCUT2D eigenvalue weighted by Crippen LogP contribution is 2.24. The van der Waals surface area contributed by atoms with E-state index in [0.29, 0.717) is 12.5 Å². The number of piperazine rings is 1. The zero-order valence-corrected chi connectivity index (χ0v) is 18.4. The van der Waals surface area contributed by atoms with Gasteiger partial charge in [-0.1, -0.05) is 6.07 Å². The van der Waals surface area contributed by atoms with Crippen LogP contribution in [-0.2, 0) is 12.8 Å². The minimum Gasteiger partial charge on any atom is -0.370 e. The topological polar surface area (TPSA) is 82.7 Å². The van der Waals surface area contributed by atoms with Gasteiger partial charge in [-0.15, -0.1) is 24.0 Å². The molecule has 28 heavy (non-hydrogen) atoms. The van der Waals surface area contributed by atoms with Crippen molar-refractivity contribution < 1.29 is 0 Å². The van der Waals surface area contributed by atoms with Crippen molar-refractivity contribution in [3.05, 3.63) is 47.8 Å². The minimum atomic E-state index is 0. The molecule has 1 fully saturated rings. The Bertz CT molecular complexity index is 788. The number of rotatable bonds is 5. The number of aryl methyl sites for hydroxylation is 2. The first-order valence-corrected chi connectivity index (χ1v) is 9.71. The molecule has 3 N–H and O–H groups in total. The van der Waals surface area contributed by atoms with Crippen LogP contribution < -0.4 is 16.0 Å². The van der Waals surface area contributed by atoms with Crippen molar-refractivity contribution >= 4 is 41.6 Å². The van der Waals surface area contributed by atoms with Gasteiger partial charge in [-0.25, -0.2) is 9.97 Å². The summed E-state index contributed by atoms with van der Waals surface area (Å²) in [6.07, 6.45) is 7.21. The van der Waals surface area contributed by atoms with E-state index >= 15 is 0 Å². The number of halogens is 1. The van der Waals surface area contributed by atoms with Gasteiger partial charge in [-0.3, -0.25) is 9.89 Å². The van der Waals surface area contributed by atoms with Gasteiger partial charge >= 0.3 is 0 Å². The number of benzene rings is 1. The average Bonchev–Trinajstić information content (AvgIpc) is 3.17. The van der Waals surface area contributed by atoms with Crippen molar-refractivity contribution in [2.24, 2.45) is 10.7 Å². The summed E-state index contributed by atoms with van der Waals surface area (Å²) in [4.78, 5) is 17.8. The predicted octanol–water partition coefficient (Wildman–Crippen LogP) is 2.13. The van der Waals surface area contributed by atoms with E-state index in [9.17, 15) is 0 Å². The molecule has 8 heteroatoms. The second-order valence-electron chi connectivity index (χ2n) is 7.11. The van der Waals surface area contributed by atoms with Gasteiger partial charge in [0.05, 0.1) is 6.54 Å². The molecule has 7 nitrogen and oxygen atoms in total. The first-order chi connectivity index (χ1) is 13.3. The summed E-state index contributed by atoms with van der Waals surface area (Å²) >= 11 is 0. The summed E-state index contributed by atoms with van der Waals surface area (Å²) in [5.41, 5.74) is 10.0. The van der Waals surface area contributed by atoms with Crippen LogP contribution in [0.5, 0.6) is 0 Å². The van der Waals surface area contributed by atoms with E-state index in [1.165, 1.54) is 30.4 Å². The van der Waals surface area contributed by atoms with E-state index < -0.39 is 0 Å². The van der Waals surface area contributed by atoms with E-state index in [1.54, 1.807) is 12.4 Å². The summed E-state index contributed by atoms with van der Waals surface area (Å²) in [7, 11) is 0. The van der Waals surface area contributed by atoms with Crippen molar-refractivity contribution in [2.45, 2.75) is 19.3 Å². The van der Waals surface area contributed by atoms with Crippen molar-refractivity contribution in [2.75, 3.05) is 49.5 Å². The quantitative estimate of drug-likeness (QED) is 0.378. The maximum absolute atomic E-state index is 6.06. The lowest BCUT2D eigenvalue weighted by atomic mass is 10.1. The molecule has 1 aliphatic carbocycles. The normalized spacial score (nSPS) is 17.1. The third-order valence-electron chi connectivity index (χ3n) is 5.28. The molecule has 150 valence electrons. The average molecular weight is 493 g/mol. The standard InChI is InChI=1S/C20H27N7.HI/c21-19(25-18-6-5-16-3-1-4-17(16)15-18)22-9-10-26-11-13-27(14-12-26)20-23-7-2-8-24-20;/h2,5-8,15H,1,3-4,9-14H2,(H3,21,22,25);1H. The van der Waals surface area contributed by atoms with Gasteiger partial charge in [0.25, 0.3) is 0 Å². The lowest BCUT2D eigenvalue weighted by molar-refractivity contribution is 0.264. The van der Waals surface area contributed by atoms with Gasteiger partial charge in [0.2, 0.25) is 5.95 Å². The highest BCUT2D eigenvalue weighted by molar-refractivity contribution is 14.0. The number of nitrogens with one attached hydrogen (secondary N) is 1. The number of nitrogens with two attached hydrogens (primary N) is 1. The maximum Gasteiger partial charge on any atom is 0.225 e. The number of hydrogen-bond donors (Lipinski definition) is 2. The number of aliphatic imine (C=N–C) groups is 1. The number of fused-ring (bicyclic) bond motifs is 1. The number of anilines is 2. The number of guanidine groups is 1. The molecular weight excluding hydrogens is 465 g/mol. The molecule has 0 amide bonds. The molecule has 1 saturated heterocycles. The van der Waals surface area contributed by atoms with E-state index in [0.717, 1.165) is 44.4 Å². The second kappa shape index (κ2) is 10.0. The second-order valence-corrected chi connectivity index (χ2v) is 7.11. The summed E-state index contributed by atoms with van der Waals surface area (Å²) in [5.74, 6) is 1.31. The monoisotopic (exact) mass is 493 g/mol. The molecule has 2 heterocycles.